The molecule has 1 spiro atoms. The standard InChI is InChI=1S/C16H23N3O2/c1-3-21-10-13-8-16(18(2)9-13)11-19(12-16)15(20)14-4-6-17-7-5-14/h4-7,13H,3,8-12H2,1-2H3/t13-/m1/s1. The second-order valence-corrected chi connectivity index (χ2v) is 6.23. The van der Waals surface area contributed by atoms with E-state index in [4.69, 9.17) is 4.74 Å². The van der Waals surface area contributed by atoms with E-state index in [2.05, 4.69) is 16.9 Å². The van der Waals surface area contributed by atoms with E-state index in [-0.39, 0.29) is 11.4 Å². The van der Waals surface area contributed by atoms with Crippen molar-refractivity contribution in [3.8, 4) is 0 Å². The van der Waals surface area contributed by atoms with Crippen LogP contribution in [-0.4, -0.2) is 66.1 Å². The minimum Gasteiger partial charge on any atom is -0.381 e. The van der Waals surface area contributed by atoms with Gasteiger partial charge < -0.3 is 9.64 Å². The third-order valence-electron chi connectivity index (χ3n) is 4.75. The first kappa shape index (κ1) is 14.5. The van der Waals surface area contributed by atoms with Crippen molar-refractivity contribution >= 4 is 5.91 Å². The summed E-state index contributed by atoms with van der Waals surface area (Å²) < 4.78 is 5.56. The van der Waals surface area contributed by atoms with Crippen molar-refractivity contribution in [3.05, 3.63) is 30.1 Å². The van der Waals surface area contributed by atoms with E-state index in [1.54, 1.807) is 24.5 Å². The number of amides is 1. The molecule has 1 aromatic heterocycles. The Morgan fingerprint density at radius 1 is 1.43 bits per heavy atom. The van der Waals surface area contributed by atoms with Gasteiger partial charge in [0.05, 0.1) is 12.1 Å². The summed E-state index contributed by atoms with van der Waals surface area (Å²) >= 11 is 0. The highest BCUT2D eigenvalue weighted by Crippen LogP contribution is 2.39. The highest BCUT2D eigenvalue weighted by Gasteiger charge is 2.53. The molecule has 1 atom stereocenters. The number of nitrogens with zero attached hydrogens (tertiary/aromatic N) is 3. The smallest absolute Gasteiger partial charge is 0.254 e. The van der Waals surface area contributed by atoms with E-state index >= 15 is 0 Å². The Kier molecular flexibility index (Phi) is 3.95. The van der Waals surface area contributed by atoms with Crippen LogP contribution in [0.1, 0.15) is 23.7 Å². The highest BCUT2D eigenvalue weighted by atomic mass is 16.5. The molecule has 0 aromatic carbocycles. The van der Waals surface area contributed by atoms with Crippen LogP contribution < -0.4 is 0 Å². The molecule has 0 unspecified atom stereocenters. The van der Waals surface area contributed by atoms with Crippen LogP contribution in [0.4, 0.5) is 0 Å². The fourth-order valence-electron chi connectivity index (χ4n) is 3.59. The van der Waals surface area contributed by atoms with Crippen molar-refractivity contribution in [2.45, 2.75) is 18.9 Å². The molecule has 5 heteroatoms. The van der Waals surface area contributed by atoms with E-state index in [9.17, 15) is 4.79 Å². The zero-order chi connectivity index (χ0) is 14.9. The molecule has 5 nitrogen and oxygen atoms in total. The predicted octanol–water partition coefficient (Wildman–Crippen LogP) is 1.26. The number of hydrogen-bond donors (Lipinski definition) is 0. The summed E-state index contributed by atoms with van der Waals surface area (Å²) in [5.74, 6) is 0.706. The van der Waals surface area contributed by atoms with Crippen LogP contribution >= 0.6 is 0 Å². The van der Waals surface area contributed by atoms with Gasteiger partial charge in [-0.15, -0.1) is 0 Å². The quantitative estimate of drug-likeness (QED) is 0.837. The van der Waals surface area contributed by atoms with Crippen molar-refractivity contribution < 1.29 is 9.53 Å². The normalized spacial score (nSPS) is 24.3. The second kappa shape index (κ2) is 5.73. The van der Waals surface area contributed by atoms with Crippen molar-refractivity contribution in [2.75, 3.05) is 39.9 Å². The zero-order valence-electron chi connectivity index (χ0n) is 12.8. The van der Waals surface area contributed by atoms with Crippen molar-refractivity contribution in [2.24, 2.45) is 5.92 Å². The molecule has 3 rings (SSSR count). The van der Waals surface area contributed by atoms with E-state index in [0.717, 1.165) is 44.8 Å². The Bertz CT molecular complexity index is 500. The van der Waals surface area contributed by atoms with E-state index < -0.39 is 0 Å². The Labute approximate surface area is 125 Å². The molecule has 2 aliphatic rings. The topological polar surface area (TPSA) is 45.7 Å². The maximum Gasteiger partial charge on any atom is 0.254 e. The third kappa shape index (κ3) is 2.68. The van der Waals surface area contributed by atoms with Crippen LogP contribution in [0.2, 0.25) is 0 Å². The van der Waals surface area contributed by atoms with E-state index in [0.29, 0.717) is 5.92 Å². The summed E-state index contributed by atoms with van der Waals surface area (Å²) in [5.41, 5.74) is 0.899. The first-order valence-electron chi connectivity index (χ1n) is 7.63. The number of likely N-dealkylation sites (tertiary alicyclic amines) is 2. The fraction of sp³-hybridized carbons (Fsp3) is 0.625. The lowest BCUT2D eigenvalue weighted by molar-refractivity contribution is -0.00794. The molecule has 1 amide bonds. The van der Waals surface area contributed by atoms with Crippen LogP contribution in [-0.2, 0) is 4.74 Å². The molecule has 0 saturated carbocycles. The van der Waals surface area contributed by atoms with Gasteiger partial charge in [0, 0.05) is 44.2 Å². The van der Waals surface area contributed by atoms with Crippen LogP contribution in [0.25, 0.3) is 0 Å². The fourth-order valence-corrected chi connectivity index (χ4v) is 3.59. The van der Waals surface area contributed by atoms with Gasteiger partial charge >= 0.3 is 0 Å². The number of likely N-dealkylation sites (N-methyl/N-ethyl adjacent to an activating group) is 1. The third-order valence-corrected chi connectivity index (χ3v) is 4.75. The molecular weight excluding hydrogens is 266 g/mol. The summed E-state index contributed by atoms with van der Waals surface area (Å²) in [6, 6.07) is 3.56. The van der Waals surface area contributed by atoms with Crippen LogP contribution in [0.3, 0.4) is 0 Å². The molecule has 2 saturated heterocycles. The lowest BCUT2D eigenvalue weighted by Crippen LogP contribution is -2.68. The van der Waals surface area contributed by atoms with E-state index in [1.165, 1.54) is 0 Å². The van der Waals surface area contributed by atoms with E-state index in [1.807, 2.05) is 11.8 Å². The number of rotatable bonds is 4. The van der Waals surface area contributed by atoms with Gasteiger partial charge in [-0.05, 0) is 38.4 Å². The van der Waals surface area contributed by atoms with Crippen LogP contribution in [0.15, 0.2) is 24.5 Å². The molecule has 2 fully saturated rings. The number of hydrogen-bond acceptors (Lipinski definition) is 4. The summed E-state index contributed by atoms with van der Waals surface area (Å²) in [6.45, 7) is 6.37. The molecule has 0 N–H and O–H groups in total. The van der Waals surface area contributed by atoms with Crippen LogP contribution in [0, 0.1) is 5.92 Å². The highest BCUT2D eigenvalue weighted by molar-refractivity contribution is 5.94. The van der Waals surface area contributed by atoms with Gasteiger partial charge in [-0.3, -0.25) is 14.7 Å². The number of aromatic nitrogens is 1. The Morgan fingerprint density at radius 3 is 2.81 bits per heavy atom. The molecule has 21 heavy (non-hydrogen) atoms. The lowest BCUT2D eigenvalue weighted by atomic mass is 9.84. The molecule has 114 valence electrons. The summed E-state index contributed by atoms with van der Waals surface area (Å²) in [7, 11) is 2.17. The summed E-state index contributed by atoms with van der Waals surface area (Å²) in [5, 5.41) is 0. The number of carbonyl (C=O) groups excluding carboxylic acids is 1. The Hall–Kier alpha value is -1.46. The maximum atomic E-state index is 12.4. The minimum atomic E-state index is 0.115. The Morgan fingerprint density at radius 2 is 2.14 bits per heavy atom. The molecule has 0 bridgehead atoms. The number of ether oxygens (including phenoxy) is 1. The average Bonchev–Trinajstić information content (AvgIpc) is 2.80. The molecule has 0 aliphatic carbocycles. The minimum absolute atomic E-state index is 0.115. The molecule has 0 radical (unpaired) electrons. The summed E-state index contributed by atoms with van der Waals surface area (Å²) in [4.78, 5) is 20.7. The lowest BCUT2D eigenvalue weighted by Gasteiger charge is -2.52. The van der Waals surface area contributed by atoms with Crippen LogP contribution in [0.5, 0.6) is 0 Å². The zero-order valence-corrected chi connectivity index (χ0v) is 12.8. The van der Waals surface area contributed by atoms with Crippen molar-refractivity contribution in [1.29, 1.82) is 0 Å². The van der Waals surface area contributed by atoms with Gasteiger partial charge in [0.15, 0.2) is 0 Å². The molecule has 1 aromatic rings. The number of carbonyl (C=O) groups is 1. The van der Waals surface area contributed by atoms with Gasteiger partial charge in [0.25, 0.3) is 5.91 Å². The monoisotopic (exact) mass is 289 g/mol. The largest absolute Gasteiger partial charge is 0.381 e. The maximum absolute atomic E-state index is 12.4. The van der Waals surface area contributed by atoms with Crippen molar-refractivity contribution in [3.63, 3.8) is 0 Å². The van der Waals surface area contributed by atoms with Gasteiger partial charge in [0.1, 0.15) is 0 Å². The molecule has 3 heterocycles. The molecule has 2 aliphatic heterocycles. The SMILES string of the molecule is CCOC[C@H]1CN(C)C2(C1)CN(C(=O)c1ccncc1)C2. The number of pyridine rings is 1. The summed E-state index contributed by atoms with van der Waals surface area (Å²) in [6.07, 6.45) is 4.47. The van der Waals surface area contributed by atoms with Gasteiger partial charge in [0.2, 0.25) is 0 Å². The van der Waals surface area contributed by atoms with Gasteiger partial charge in [-0.2, -0.15) is 0 Å². The van der Waals surface area contributed by atoms with Gasteiger partial charge in [-0.1, -0.05) is 0 Å². The molecular formula is C16H23N3O2. The first-order valence-corrected chi connectivity index (χ1v) is 7.63. The van der Waals surface area contributed by atoms with Crippen molar-refractivity contribution in [1.82, 2.24) is 14.8 Å². The second-order valence-electron chi connectivity index (χ2n) is 6.23. The van der Waals surface area contributed by atoms with Gasteiger partial charge in [-0.25, -0.2) is 0 Å². The Balaban J connectivity index is 1.58. The predicted molar refractivity (Wildman–Crippen MR) is 80.1 cm³/mol. The first-order chi connectivity index (χ1) is 10.1. The average molecular weight is 289 g/mol.